The molecule has 0 bridgehead atoms. The summed E-state index contributed by atoms with van der Waals surface area (Å²) in [6.07, 6.45) is 0. The zero-order chi connectivity index (χ0) is 23.7. The fourth-order valence-corrected chi connectivity index (χ4v) is 3.67. The quantitative estimate of drug-likeness (QED) is 0.216. The number of halogens is 1. The number of rotatable bonds is 4. The summed E-state index contributed by atoms with van der Waals surface area (Å²) in [5, 5.41) is 16.9. The van der Waals surface area contributed by atoms with Crippen molar-refractivity contribution >= 4 is 57.3 Å². The van der Waals surface area contributed by atoms with Crippen LogP contribution in [0, 0.1) is 24.0 Å². The van der Waals surface area contributed by atoms with Crippen molar-refractivity contribution in [2.75, 3.05) is 5.32 Å². The van der Waals surface area contributed by atoms with Crippen LogP contribution in [0.1, 0.15) is 21.5 Å². The Morgan fingerprint density at radius 1 is 1.15 bits per heavy atom. The highest BCUT2D eigenvalue weighted by molar-refractivity contribution is 7.80. The van der Waals surface area contributed by atoms with Crippen LogP contribution in [-0.4, -0.2) is 20.9 Å². The van der Waals surface area contributed by atoms with E-state index in [4.69, 9.17) is 28.2 Å². The Kier molecular flexibility index (Phi) is 6.08. The van der Waals surface area contributed by atoms with E-state index >= 15 is 0 Å². The lowest BCUT2D eigenvalue weighted by Gasteiger charge is -2.12. The summed E-state index contributed by atoms with van der Waals surface area (Å²) < 4.78 is 5.84. The highest BCUT2D eigenvalue weighted by Gasteiger charge is 2.19. The van der Waals surface area contributed by atoms with Gasteiger partial charge in [0.05, 0.1) is 15.6 Å². The van der Waals surface area contributed by atoms with E-state index in [0.29, 0.717) is 27.7 Å². The predicted molar refractivity (Wildman–Crippen MR) is 131 cm³/mol. The summed E-state index contributed by atoms with van der Waals surface area (Å²) in [7, 11) is 0. The molecule has 1 amide bonds. The number of carbonyl (C=O) groups is 1. The molecule has 0 fully saturated rings. The molecule has 8 nitrogen and oxygen atoms in total. The lowest BCUT2D eigenvalue weighted by atomic mass is 10.1. The lowest BCUT2D eigenvalue weighted by molar-refractivity contribution is -0.385. The zero-order valence-electron chi connectivity index (χ0n) is 17.5. The summed E-state index contributed by atoms with van der Waals surface area (Å²) in [6, 6.07) is 15.1. The number of fused-ring (bicyclic) bond motifs is 1. The summed E-state index contributed by atoms with van der Waals surface area (Å²) in [5.74, 6) is -0.159. The average Bonchev–Trinajstić information content (AvgIpc) is 3.18. The monoisotopic (exact) mass is 480 g/mol. The Labute approximate surface area is 198 Å². The van der Waals surface area contributed by atoms with E-state index in [1.165, 1.54) is 25.1 Å². The molecule has 0 spiro atoms. The predicted octanol–water partition coefficient (Wildman–Crippen LogP) is 5.80. The van der Waals surface area contributed by atoms with Gasteiger partial charge in [0.25, 0.3) is 11.6 Å². The van der Waals surface area contributed by atoms with Crippen LogP contribution in [-0.2, 0) is 0 Å². The molecule has 33 heavy (non-hydrogen) atoms. The standard InChI is InChI=1S/C23H17ClN4O4S/c1-12-6-9-20-18(10-12)25-22(32-20)14-7-8-16(24)17(11-14)26-23(33)27-21(29)15-4-3-5-19(13(15)2)28(30)31/h3-11H,1-2H3,(H2,26,27,29,33). The Morgan fingerprint density at radius 3 is 2.70 bits per heavy atom. The van der Waals surface area contributed by atoms with E-state index in [-0.39, 0.29) is 21.9 Å². The van der Waals surface area contributed by atoms with Crippen LogP contribution in [0.2, 0.25) is 5.02 Å². The minimum absolute atomic E-state index is 0.0156. The van der Waals surface area contributed by atoms with Crippen molar-refractivity contribution < 1.29 is 14.1 Å². The highest BCUT2D eigenvalue weighted by Crippen LogP contribution is 2.31. The van der Waals surface area contributed by atoms with Crippen molar-refractivity contribution in [2.45, 2.75) is 13.8 Å². The second kappa shape index (κ2) is 8.97. The topological polar surface area (TPSA) is 110 Å². The molecule has 1 aromatic heterocycles. The lowest BCUT2D eigenvalue weighted by Crippen LogP contribution is -2.34. The van der Waals surface area contributed by atoms with Gasteiger partial charge in [0.2, 0.25) is 5.89 Å². The van der Waals surface area contributed by atoms with Crippen molar-refractivity contribution in [1.82, 2.24) is 10.3 Å². The van der Waals surface area contributed by atoms with E-state index in [2.05, 4.69) is 15.6 Å². The largest absolute Gasteiger partial charge is 0.436 e. The van der Waals surface area contributed by atoms with Crippen molar-refractivity contribution in [2.24, 2.45) is 0 Å². The van der Waals surface area contributed by atoms with Gasteiger partial charge in [-0.3, -0.25) is 20.2 Å². The number of benzene rings is 3. The molecular weight excluding hydrogens is 464 g/mol. The fourth-order valence-electron chi connectivity index (χ4n) is 3.31. The smallest absolute Gasteiger partial charge is 0.273 e. The molecule has 0 saturated carbocycles. The molecule has 10 heteroatoms. The Morgan fingerprint density at radius 2 is 1.94 bits per heavy atom. The number of aryl methyl sites for hydroxylation is 1. The highest BCUT2D eigenvalue weighted by atomic mass is 35.5. The van der Waals surface area contributed by atoms with Gasteiger partial charge in [-0.15, -0.1) is 0 Å². The first-order valence-corrected chi connectivity index (χ1v) is 10.5. The molecule has 0 aliphatic rings. The fraction of sp³-hybridized carbons (Fsp3) is 0.0870. The van der Waals surface area contributed by atoms with Gasteiger partial charge in [0.15, 0.2) is 10.7 Å². The first-order chi connectivity index (χ1) is 15.7. The van der Waals surface area contributed by atoms with E-state index in [9.17, 15) is 14.9 Å². The molecule has 166 valence electrons. The number of oxazole rings is 1. The number of nitrogens with zero attached hydrogens (tertiary/aromatic N) is 2. The van der Waals surface area contributed by atoms with Crippen LogP contribution in [0.15, 0.2) is 59.0 Å². The Hall–Kier alpha value is -3.82. The molecular formula is C23H17ClN4O4S. The van der Waals surface area contributed by atoms with Crippen LogP contribution in [0.4, 0.5) is 11.4 Å². The number of amides is 1. The maximum Gasteiger partial charge on any atom is 0.273 e. The molecule has 0 radical (unpaired) electrons. The maximum absolute atomic E-state index is 12.6. The van der Waals surface area contributed by atoms with Gasteiger partial charge in [-0.1, -0.05) is 23.7 Å². The number of thiocarbonyl (C=S) groups is 1. The van der Waals surface area contributed by atoms with Crippen LogP contribution >= 0.6 is 23.8 Å². The zero-order valence-corrected chi connectivity index (χ0v) is 19.1. The van der Waals surface area contributed by atoms with E-state index < -0.39 is 10.8 Å². The molecule has 3 aromatic carbocycles. The Balaban J connectivity index is 1.54. The van der Waals surface area contributed by atoms with Crippen LogP contribution in [0.5, 0.6) is 0 Å². The van der Waals surface area contributed by atoms with E-state index in [1.807, 2.05) is 25.1 Å². The minimum Gasteiger partial charge on any atom is -0.436 e. The molecule has 0 aliphatic heterocycles. The van der Waals surface area contributed by atoms with Gasteiger partial charge in [0.1, 0.15) is 5.52 Å². The summed E-state index contributed by atoms with van der Waals surface area (Å²) in [6.45, 7) is 3.48. The number of hydrogen-bond donors (Lipinski definition) is 2. The number of hydrogen-bond acceptors (Lipinski definition) is 6. The third-order valence-electron chi connectivity index (χ3n) is 4.98. The normalized spacial score (nSPS) is 10.8. The third-order valence-corrected chi connectivity index (χ3v) is 5.51. The van der Waals surface area contributed by atoms with Gasteiger partial charge < -0.3 is 9.73 Å². The second-order valence-electron chi connectivity index (χ2n) is 7.30. The average molecular weight is 481 g/mol. The third kappa shape index (κ3) is 4.69. The van der Waals surface area contributed by atoms with Crippen molar-refractivity contribution in [1.29, 1.82) is 0 Å². The van der Waals surface area contributed by atoms with E-state index in [1.54, 1.807) is 18.2 Å². The van der Waals surface area contributed by atoms with Gasteiger partial charge in [0, 0.05) is 22.8 Å². The molecule has 0 unspecified atom stereocenters. The van der Waals surface area contributed by atoms with Gasteiger partial charge in [-0.2, -0.15) is 0 Å². The molecule has 0 aliphatic carbocycles. The molecule has 0 saturated heterocycles. The number of carbonyl (C=O) groups excluding carboxylic acids is 1. The SMILES string of the molecule is Cc1ccc2oc(-c3ccc(Cl)c(NC(=S)NC(=O)c4cccc([N+](=O)[O-])c4C)c3)nc2c1. The van der Waals surface area contributed by atoms with Gasteiger partial charge >= 0.3 is 0 Å². The summed E-state index contributed by atoms with van der Waals surface area (Å²) in [4.78, 5) is 27.7. The number of nitro benzene ring substituents is 1. The maximum atomic E-state index is 12.6. The minimum atomic E-state index is -0.574. The molecule has 4 rings (SSSR count). The second-order valence-corrected chi connectivity index (χ2v) is 8.12. The molecule has 0 atom stereocenters. The molecule has 1 heterocycles. The van der Waals surface area contributed by atoms with Gasteiger partial charge in [-0.25, -0.2) is 4.98 Å². The summed E-state index contributed by atoms with van der Waals surface area (Å²) in [5.41, 5.74) is 3.82. The first kappa shape index (κ1) is 22.4. The molecule has 4 aromatic rings. The molecule has 2 N–H and O–H groups in total. The van der Waals surface area contributed by atoms with Crippen LogP contribution in [0.3, 0.4) is 0 Å². The number of aromatic nitrogens is 1. The first-order valence-electron chi connectivity index (χ1n) is 9.76. The number of anilines is 1. The van der Waals surface area contributed by atoms with Crippen LogP contribution < -0.4 is 10.6 Å². The van der Waals surface area contributed by atoms with Crippen LogP contribution in [0.25, 0.3) is 22.6 Å². The Bertz CT molecular complexity index is 1430. The summed E-state index contributed by atoms with van der Waals surface area (Å²) >= 11 is 11.6. The van der Waals surface area contributed by atoms with Crippen molar-refractivity contribution in [3.8, 4) is 11.5 Å². The van der Waals surface area contributed by atoms with Crippen molar-refractivity contribution in [3.05, 3.63) is 86.4 Å². The number of nitrogens with one attached hydrogen (secondary N) is 2. The van der Waals surface area contributed by atoms with Gasteiger partial charge in [-0.05, 0) is 68.0 Å². The number of nitro groups is 1. The van der Waals surface area contributed by atoms with Crippen molar-refractivity contribution in [3.63, 3.8) is 0 Å². The van der Waals surface area contributed by atoms with E-state index in [0.717, 1.165) is 11.1 Å².